The van der Waals surface area contributed by atoms with Gasteiger partial charge in [-0.2, -0.15) is 0 Å². The minimum Gasteiger partial charge on any atom is -0.492 e. The number of hydrogen-bond donors (Lipinski definition) is 0. The molecule has 3 heteroatoms. The molecular formula is C12H18ClNO. The number of alkyl halides is 1. The lowest BCUT2D eigenvalue weighted by Gasteiger charge is -2.09. The summed E-state index contributed by atoms with van der Waals surface area (Å²) >= 11 is 5.80. The number of aryl methyl sites for hydroxylation is 1. The first-order chi connectivity index (χ1) is 7.27. The Morgan fingerprint density at radius 1 is 1.33 bits per heavy atom. The molecule has 0 bridgehead atoms. The lowest BCUT2D eigenvalue weighted by atomic mass is 10.2. The summed E-state index contributed by atoms with van der Waals surface area (Å²) < 4.78 is 5.64. The Bertz CT molecular complexity index is 302. The van der Waals surface area contributed by atoms with E-state index in [0.29, 0.717) is 5.88 Å². The average Bonchev–Trinajstić information content (AvgIpc) is 2.26. The molecule has 1 heterocycles. The fraction of sp³-hybridized carbons (Fsp3) is 0.583. The third-order valence-electron chi connectivity index (χ3n) is 2.20. The predicted octanol–water partition coefficient (Wildman–Crippen LogP) is 3.70. The van der Waals surface area contributed by atoms with Crippen LogP contribution in [0.3, 0.4) is 0 Å². The molecule has 0 saturated heterocycles. The van der Waals surface area contributed by atoms with Crippen molar-refractivity contribution in [1.82, 2.24) is 4.98 Å². The van der Waals surface area contributed by atoms with Crippen LogP contribution in [-0.2, 0) is 5.88 Å². The van der Waals surface area contributed by atoms with Gasteiger partial charge in [0, 0.05) is 5.69 Å². The van der Waals surface area contributed by atoms with Crippen LogP contribution in [0.25, 0.3) is 0 Å². The summed E-state index contributed by atoms with van der Waals surface area (Å²) in [6.45, 7) is 4.89. The lowest BCUT2D eigenvalue weighted by Crippen LogP contribution is -2.01. The van der Waals surface area contributed by atoms with Gasteiger partial charge in [-0.15, -0.1) is 11.6 Å². The zero-order valence-corrected chi connectivity index (χ0v) is 10.2. The number of pyridine rings is 1. The molecule has 0 amide bonds. The third kappa shape index (κ3) is 4.08. The van der Waals surface area contributed by atoms with Gasteiger partial charge in [0.1, 0.15) is 5.75 Å². The second-order valence-corrected chi connectivity index (χ2v) is 3.85. The Labute approximate surface area is 96.6 Å². The fourth-order valence-corrected chi connectivity index (χ4v) is 1.55. The molecule has 0 saturated carbocycles. The second-order valence-electron chi connectivity index (χ2n) is 3.59. The van der Waals surface area contributed by atoms with Crippen LogP contribution in [0.1, 0.15) is 37.6 Å². The molecule has 1 aromatic heterocycles. The highest BCUT2D eigenvalue weighted by Crippen LogP contribution is 2.19. The Balaban J connectivity index is 2.52. The smallest absolute Gasteiger partial charge is 0.142 e. The third-order valence-corrected chi connectivity index (χ3v) is 2.46. The van der Waals surface area contributed by atoms with Crippen molar-refractivity contribution < 1.29 is 4.74 Å². The Morgan fingerprint density at radius 2 is 2.13 bits per heavy atom. The van der Waals surface area contributed by atoms with Crippen LogP contribution < -0.4 is 4.74 Å². The number of halogens is 1. The van der Waals surface area contributed by atoms with E-state index in [1.165, 1.54) is 12.8 Å². The van der Waals surface area contributed by atoms with E-state index in [-0.39, 0.29) is 0 Å². The first-order valence-corrected chi connectivity index (χ1v) is 5.96. The van der Waals surface area contributed by atoms with Gasteiger partial charge in [0.15, 0.2) is 0 Å². The highest BCUT2D eigenvalue weighted by molar-refractivity contribution is 6.17. The summed E-state index contributed by atoms with van der Waals surface area (Å²) in [5.41, 5.74) is 1.82. The van der Waals surface area contributed by atoms with Gasteiger partial charge >= 0.3 is 0 Å². The van der Waals surface area contributed by atoms with E-state index < -0.39 is 0 Å². The predicted molar refractivity (Wildman–Crippen MR) is 63.6 cm³/mol. The normalized spacial score (nSPS) is 10.3. The van der Waals surface area contributed by atoms with E-state index in [1.54, 1.807) is 0 Å². The molecule has 84 valence electrons. The molecule has 0 spiro atoms. The van der Waals surface area contributed by atoms with E-state index >= 15 is 0 Å². The maximum absolute atomic E-state index is 5.80. The average molecular weight is 228 g/mol. The number of ether oxygens (including phenoxy) is 1. The fourth-order valence-electron chi connectivity index (χ4n) is 1.36. The minimum absolute atomic E-state index is 0.408. The molecule has 15 heavy (non-hydrogen) atoms. The number of hydrogen-bond acceptors (Lipinski definition) is 2. The zero-order chi connectivity index (χ0) is 11.1. The Hall–Kier alpha value is -0.760. The summed E-state index contributed by atoms with van der Waals surface area (Å²) in [7, 11) is 0. The van der Waals surface area contributed by atoms with E-state index in [0.717, 1.165) is 30.2 Å². The first-order valence-electron chi connectivity index (χ1n) is 5.43. The van der Waals surface area contributed by atoms with Crippen molar-refractivity contribution in [3.05, 3.63) is 23.5 Å². The largest absolute Gasteiger partial charge is 0.492 e. The summed E-state index contributed by atoms with van der Waals surface area (Å²) in [5, 5.41) is 0. The number of nitrogens with zero attached hydrogens (tertiary/aromatic N) is 1. The van der Waals surface area contributed by atoms with Crippen LogP contribution in [0.2, 0.25) is 0 Å². The molecule has 0 fully saturated rings. The van der Waals surface area contributed by atoms with Gasteiger partial charge in [0.25, 0.3) is 0 Å². The van der Waals surface area contributed by atoms with E-state index in [4.69, 9.17) is 16.3 Å². The second kappa shape index (κ2) is 6.67. The van der Waals surface area contributed by atoms with Crippen molar-refractivity contribution in [3.8, 4) is 5.75 Å². The van der Waals surface area contributed by atoms with E-state index in [1.807, 2.05) is 19.1 Å². The topological polar surface area (TPSA) is 22.1 Å². The summed E-state index contributed by atoms with van der Waals surface area (Å²) in [6.07, 6.45) is 3.50. The summed E-state index contributed by atoms with van der Waals surface area (Å²) in [5.74, 6) is 1.23. The maximum Gasteiger partial charge on any atom is 0.142 e. The van der Waals surface area contributed by atoms with Gasteiger partial charge in [-0.1, -0.05) is 19.8 Å². The van der Waals surface area contributed by atoms with Crippen LogP contribution in [-0.4, -0.2) is 11.6 Å². The van der Waals surface area contributed by atoms with E-state index in [9.17, 15) is 0 Å². The van der Waals surface area contributed by atoms with Gasteiger partial charge in [0.05, 0.1) is 18.2 Å². The van der Waals surface area contributed by atoms with Crippen molar-refractivity contribution in [3.63, 3.8) is 0 Å². The molecule has 0 N–H and O–H groups in total. The molecule has 0 unspecified atom stereocenters. The molecule has 0 aliphatic carbocycles. The molecule has 1 aromatic rings. The molecule has 1 rings (SSSR count). The van der Waals surface area contributed by atoms with Gasteiger partial charge < -0.3 is 4.74 Å². The highest BCUT2D eigenvalue weighted by Gasteiger charge is 2.04. The van der Waals surface area contributed by atoms with Crippen LogP contribution >= 0.6 is 11.6 Å². The molecule has 0 aliphatic rings. The van der Waals surface area contributed by atoms with Gasteiger partial charge in [0.2, 0.25) is 0 Å². The van der Waals surface area contributed by atoms with Gasteiger partial charge in [-0.3, -0.25) is 4.98 Å². The number of rotatable bonds is 6. The van der Waals surface area contributed by atoms with Gasteiger partial charge in [-0.25, -0.2) is 0 Å². The monoisotopic (exact) mass is 227 g/mol. The molecule has 0 atom stereocenters. The van der Waals surface area contributed by atoms with E-state index in [2.05, 4.69) is 11.9 Å². The first kappa shape index (κ1) is 12.3. The maximum atomic E-state index is 5.80. The van der Waals surface area contributed by atoms with Gasteiger partial charge in [-0.05, 0) is 25.5 Å². The molecular weight excluding hydrogens is 210 g/mol. The molecule has 0 radical (unpaired) electrons. The number of unbranched alkanes of at least 4 members (excludes halogenated alkanes) is 2. The van der Waals surface area contributed by atoms with Crippen LogP contribution in [0, 0.1) is 6.92 Å². The minimum atomic E-state index is 0.408. The van der Waals surface area contributed by atoms with Crippen molar-refractivity contribution in [2.45, 2.75) is 39.0 Å². The summed E-state index contributed by atoms with van der Waals surface area (Å²) in [6, 6.07) is 3.90. The van der Waals surface area contributed by atoms with Crippen molar-refractivity contribution >= 4 is 11.6 Å². The zero-order valence-electron chi connectivity index (χ0n) is 9.42. The van der Waals surface area contributed by atoms with Crippen molar-refractivity contribution in [1.29, 1.82) is 0 Å². The Kier molecular flexibility index (Phi) is 5.48. The molecule has 0 aliphatic heterocycles. The number of aromatic nitrogens is 1. The Morgan fingerprint density at radius 3 is 2.80 bits per heavy atom. The molecule has 0 aromatic carbocycles. The van der Waals surface area contributed by atoms with Crippen LogP contribution in [0.4, 0.5) is 0 Å². The van der Waals surface area contributed by atoms with Crippen molar-refractivity contribution in [2.75, 3.05) is 6.61 Å². The highest BCUT2D eigenvalue weighted by atomic mass is 35.5. The van der Waals surface area contributed by atoms with Crippen molar-refractivity contribution in [2.24, 2.45) is 0 Å². The lowest BCUT2D eigenvalue weighted by molar-refractivity contribution is 0.302. The van der Waals surface area contributed by atoms with Crippen LogP contribution in [0.15, 0.2) is 12.1 Å². The summed E-state index contributed by atoms with van der Waals surface area (Å²) in [4.78, 5) is 4.33. The standard InChI is InChI=1S/C12H18ClNO/c1-3-4-5-8-15-12-7-6-10(2)14-11(12)9-13/h6-7H,3-5,8-9H2,1-2H3. The SMILES string of the molecule is CCCCCOc1ccc(C)nc1CCl. The quantitative estimate of drug-likeness (QED) is 0.546. The molecule has 2 nitrogen and oxygen atoms in total. The van der Waals surface area contributed by atoms with Crippen LogP contribution in [0.5, 0.6) is 5.75 Å².